The van der Waals surface area contributed by atoms with Gasteiger partial charge in [0.2, 0.25) is 0 Å². The van der Waals surface area contributed by atoms with Crippen molar-refractivity contribution in [2.45, 2.75) is 20.3 Å². The molecule has 0 unspecified atom stereocenters. The first kappa shape index (κ1) is 19.4. The maximum absolute atomic E-state index is 12.1. The number of benzene rings is 1. The zero-order valence-electron chi connectivity index (χ0n) is 14.7. The molecule has 0 aliphatic heterocycles. The van der Waals surface area contributed by atoms with Crippen LogP contribution in [0.5, 0.6) is 0 Å². The zero-order valence-corrected chi connectivity index (χ0v) is 15.5. The normalized spacial score (nSPS) is 12.3. The number of nitrogens with one attached hydrogen (secondary N) is 1. The van der Waals surface area contributed by atoms with Crippen LogP contribution in [0, 0.1) is 0 Å². The van der Waals surface area contributed by atoms with Crippen molar-refractivity contribution in [1.29, 1.82) is 0 Å². The van der Waals surface area contributed by atoms with Crippen LogP contribution in [-0.4, -0.2) is 24.2 Å². The van der Waals surface area contributed by atoms with Gasteiger partial charge in [0.05, 0.1) is 23.5 Å². The van der Waals surface area contributed by atoms with Crippen LogP contribution in [0.2, 0.25) is 0 Å². The number of rotatable bonds is 7. The number of esters is 1. The SMILES string of the molecule is CC(=Nc1ccccc1)C(NC(=O)COC(=O)Cc1cccs1)=C(C)N. The Bertz CT molecular complexity index is 808. The third-order valence-corrected chi connectivity index (χ3v) is 4.21. The summed E-state index contributed by atoms with van der Waals surface area (Å²) in [5, 5.41) is 4.54. The largest absolute Gasteiger partial charge is 0.455 e. The van der Waals surface area contributed by atoms with Gasteiger partial charge >= 0.3 is 5.97 Å². The summed E-state index contributed by atoms with van der Waals surface area (Å²) in [5.74, 6) is -0.917. The van der Waals surface area contributed by atoms with Crippen LogP contribution < -0.4 is 11.1 Å². The fourth-order valence-corrected chi connectivity index (χ4v) is 2.84. The lowest BCUT2D eigenvalue weighted by atomic mass is 10.2. The monoisotopic (exact) mass is 371 g/mol. The minimum atomic E-state index is -0.466. The molecule has 1 aromatic carbocycles. The Balaban J connectivity index is 1.93. The van der Waals surface area contributed by atoms with Gasteiger partial charge < -0.3 is 15.8 Å². The highest BCUT2D eigenvalue weighted by molar-refractivity contribution is 7.10. The highest BCUT2D eigenvalue weighted by Gasteiger charge is 2.13. The standard InChI is InChI=1S/C19H21N3O3S/c1-13(20)19(14(2)21-15-7-4-3-5-8-15)22-17(23)12-25-18(24)11-16-9-6-10-26-16/h3-10H,11-12,20H2,1-2H3,(H,22,23). The lowest BCUT2D eigenvalue weighted by Crippen LogP contribution is -2.32. The molecule has 1 aromatic heterocycles. The van der Waals surface area contributed by atoms with E-state index in [-0.39, 0.29) is 13.0 Å². The summed E-state index contributed by atoms with van der Waals surface area (Å²) in [6, 6.07) is 13.0. The molecule has 1 heterocycles. The van der Waals surface area contributed by atoms with Gasteiger partial charge in [0.15, 0.2) is 6.61 Å². The van der Waals surface area contributed by atoms with E-state index in [1.165, 1.54) is 11.3 Å². The highest BCUT2D eigenvalue weighted by Crippen LogP contribution is 2.13. The first-order chi connectivity index (χ1) is 12.5. The third-order valence-electron chi connectivity index (χ3n) is 3.34. The molecule has 0 radical (unpaired) electrons. The van der Waals surface area contributed by atoms with Crippen LogP contribution >= 0.6 is 11.3 Å². The second-order valence-corrected chi connectivity index (χ2v) is 6.59. The molecule has 2 rings (SSSR count). The fourth-order valence-electron chi connectivity index (χ4n) is 2.15. The summed E-state index contributed by atoms with van der Waals surface area (Å²) in [5.41, 5.74) is 8.01. The Hall–Kier alpha value is -2.93. The van der Waals surface area contributed by atoms with Crippen LogP contribution in [0.25, 0.3) is 0 Å². The highest BCUT2D eigenvalue weighted by atomic mass is 32.1. The molecule has 1 amide bonds. The van der Waals surface area contributed by atoms with E-state index >= 15 is 0 Å². The van der Waals surface area contributed by atoms with E-state index < -0.39 is 11.9 Å². The molecule has 0 fully saturated rings. The average molecular weight is 371 g/mol. The lowest BCUT2D eigenvalue weighted by Gasteiger charge is -2.12. The van der Waals surface area contributed by atoms with Crippen LogP contribution in [0.1, 0.15) is 18.7 Å². The van der Waals surface area contributed by atoms with E-state index in [1.807, 2.05) is 47.8 Å². The number of amides is 1. The summed E-state index contributed by atoms with van der Waals surface area (Å²) < 4.78 is 5.01. The Kier molecular flexibility index (Phi) is 7.11. The van der Waals surface area contributed by atoms with E-state index in [4.69, 9.17) is 10.5 Å². The van der Waals surface area contributed by atoms with Gasteiger partial charge in [0.1, 0.15) is 0 Å². The predicted octanol–water partition coefficient (Wildman–Crippen LogP) is 2.93. The predicted molar refractivity (Wildman–Crippen MR) is 103 cm³/mol. The minimum Gasteiger partial charge on any atom is -0.455 e. The fraction of sp³-hybridized carbons (Fsp3) is 0.211. The van der Waals surface area contributed by atoms with Gasteiger partial charge in [0, 0.05) is 10.6 Å². The molecule has 0 saturated carbocycles. The van der Waals surface area contributed by atoms with E-state index in [0.29, 0.717) is 17.1 Å². The van der Waals surface area contributed by atoms with Crippen LogP contribution in [0.3, 0.4) is 0 Å². The van der Waals surface area contributed by atoms with Crippen LogP contribution in [0.15, 0.2) is 64.2 Å². The van der Waals surface area contributed by atoms with Crippen molar-refractivity contribution >= 4 is 34.6 Å². The smallest absolute Gasteiger partial charge is 0.311 e. The van der Waals surface area contributed by atoms with Crippen molar-refractivity contribution in [3.8, 4) is 0 Å². The summed E-state index contributed by atoms with van der Waals surface area (Å²) >= 11 is 1.46. The van der Waals surface area contributed by atoms with Crippen molar-refractivity contribution < 1.29 is 14.3 Å². The van der Waals surface area contributed by atoms with Crippen molar-refractivity contribution in [3.05, 3.63) is 64.1 Å². The summed E-state index contributed by atoms with van der Waals surface area (Å²) in [4.78, 5) is 29.2. The molecule has 2 aromatic rings. The third kappa shape index (κ3) is 6.18. The number of ether oxygens (including phenoxy) is 1. The number of carbonyl (C=O) groups excluding carboxylic acids is 2. The zero-order chi connectivity index (χ0) is 18.9. The van der Waals surface area contributed by atoms with Gasteiger partial charge in [-0.05, 0) is 37.4 Å². The average Bonchev–Trinajstić information content (AvgIpc) is 3.11. The molecule has 136 valence electrons. The molecule has 0 aliphatic rings. The molecular weight excluding hydrogens is 350 g/mol. The van der Waals surface area contributed by atoms with E-state index in [1.54, 1.807) is 13.8 Å². The Morgan fingerprint density at radius 1 is 1.15 bits per heavy atom. The Morgan fingerprint density at radius 2 is 1.88 bits per heavy atom. The van der Waals surface area contributed by atoms with Crippen molar-refractivity contribution in [3.63, 3.8) is 0 Å². The number of carbonyl (C=O) groups is 2. The maximum atomic E-state index is 12.1. The first-order valence-corrected chi connectivity index (χ1v) is 8.88. The molecule has 0 spiro atoms. The molecule has 0 atom stereocenters. The quantitative estimate of drug-likeness (QED) is 0.578. The van der Waals surface area contributed by atoms with Crippen LogP contribution in [-0.2, 0) is 20.7 Å². The number of aliphatic imine (C=N–C) groups is 1. The Labute approximate surface area is 156 Å². The van der Waals surface area contributed by atoms with Gasteiger partial charge in [-0.2, -0.15) is 0 Å². The number of hydrogen-bond acceptors (Lipinski definition) is 6. The molecule has 26 heavy (non-hydrogen) atoms. The van der Waals surface area contributed by atoms with Gasteiger partial charge in [-0.15, -0.1) is 11.3 Å². The molecular formula is C19H21N3O3S. The number of nitrogens with zero attached hydrogens (tertiary/aromatic N) is 1. The van der Waals surface area contributed by atoms with Crippen molar-refractivity contribution in [2.24, 2.45) is 10.7 Å². The maximum Gasteiger partial charge on any atom is 0.311 e. The van der Waals surface area contributed by atoms with Crippen molar-refractivity contribution in [2.75, 3.05) is 6.61 Å². The van der Waals surface area contributed by atoms with Gasteiger partial charge in [0.25, 0.3) is 5.91 Å². The van der Waals surface area contributed by atoms with E-state index in [9.17, 15) is 9.59 Å². The molecule has 0 saturated heterocycles. The summed E-state index contributed by atoms with van der Waals surface area (Å²) in [6.45, 7) is 3.05. The van der Waals surface area contributed by atoms with E-state index in [0.717, 1.165) is 10.6 Å². The second kappa shape index (κ2) is 9.53. The van der Waals surface area contributed by atoms with Crippen LogP contribution in [0.4, 0.5) is 5.69 Å². The number of thiophene rings is 1. The number of nitrogens with two attached hydrogens (primary N) is 1. The lowest BCUT2D eigenvalue weighted by molar-refractivity contribution is -0.147. The van der Waals surface area contributed by atoms with Gasteiger partial charge in [-0.3, -0.25) is 14.6 Å². The number of para-hydroxylation sites is 1. The number of hydrogen-bond donors (Lipinski definition) is 2. The summed E-state index contributed by atoms with van der Waals surface area (Å²) in [6.07, 6.45) is 0.151. The topological polar surface area (TPSA) is 93.8 Å². The molecule has 0 aliphatic carbocycles. The molecule has 7 heteroatoms. The van der Waals surface area contributed by atoms with Gasteiger partial charge in [-0.25, -0.2) is 0 Å². The first-order valence-electron chi connectivity index (χ1n) is 8.00. The number of allylic oxidation sites excluding steroid dienone is 2. The van der Waals surface area contributed by atoms with Gasteiger partial charge in [-0.1, -0.05) is 24.3 Å². The molecule has 3 N–H and O–H groups in total. The molecule has 6 nitrogen and oxygen atoms in total. The van der Waals surface area contributed by atoms with E-state index in [2.05, 4.69) is 10.3 Å². The second-order valence-electron chi connectivity index (χ2n) is 5.56. The minimum absolute atomic E-state index is 0.151. The Morgan fingerprint density at radius 3 is 2.50 bits per heavy atom. The van der Waals surface area contributed by atoms with Crippen molar-refractivity contribution in [1.82, 2.24) is 5.32 Å². The molecule has 0 bridgehead atoms. The summed E-state index contributed by atoms with van der Waals surface area (Å²) in [7, 11) is 0.